The molecule has 1 atom stereocenters. The summed E-state index contributed by atoms with van der Waals surface area (Å²) in [6.45, 7) is 9.16. The van der Waals surface area contributed by atoms with Crippen molar-refractivity contribution in [3.8, 4) is 0 Å². The fourth-order valence-electron chi connectivity index (χ4n) is 3.28. The lowest BCUT2D eigenvalue weighted by Crippen LogP contribution is -2.42. The van der Waals surface area contributed by atoms with Crippen molar-refractivity contribution in [1.82, 2.24) is 10.2 Å². The zero-order chi connectivity index (χ0) is 19.7. The van der Waals surface area contributed by atoms with Crippen molar-refractivity contribution < 1.29 is 24.2 Å². The summed E-state index contributed by atoms with van der Waals surface area (Å²) in [6, 6.07) is 0. The second-order valence-corrected chi connectivity index (χ2v) is 8.14. The van der Waals surface area contributed by atoms with Crippen molar-refractivity contribution in [1.29, 1.82) is 0 Å². The van der Waals surface area contributed by atoms with Gasteiger partial charge in [0.2, 0.25) is 5.91 Å². The quantitative estimate of drug-likeness (QED) is 0.796. The molecule has 0 aromatic rings. The molecule has 2 saturated heterocycles. The third kappa shape index (κ3) is 9.06. The summed E-state index contributed by atoms with van der Waals surface area (Å²) in [7, 11) is 0. The Morgan fingerprint density at radius 2 is 1.77 bits per heavy atom. The molecule has 2 fully saturated rings. The van der Waals surface area contributed by atoms with Crippen LogP contribution in [0.3, 0.4) is 0 Å². The Kier molecular flexibility index (Phi) is 8.88. The van der Waals surface area contributed by atoms with E-state index >= 15 is 0 Å². The SMILES string of the molecule is CC(=O)O.CC(C)(C)OC(=O)N1CCC(CC[C@@H]2CCCNC2=O)CC1. The van der Waals surface area contributed by atoms with Crippen molar-refractivity contribution in [2.45, 2.75) is 71.8 Å². The van der Waals surface area contributed by atoms with Crippen LogP contribution in [0.15, 0.2) is 0 Å². The van der Waals surface area contributed by atoms with Crippen LogP contribution in [0.4, 0.5) is 4.79 Å². The van der Waals surface area contributed by atoms with Crippen LogP contribution in [-0.4, -0.2) is 53.2 Å². The molecule has 2 amide bonds. The predicted octanol–water partition coefficient (Wildman–Crippen LogP) is 3.03. The molecule has 26 heavy (non-hydrogen) atoms. The van der Waals surface area contributed by atoms with E-state index in [1.54, 1.807) is 0 Å². The number of nitrogens with zero attached hydrogens (tertiary/aromatic N) is 1. The summed E-state index contributed by atoms with van der Waals surface area (Å²) in [6.07, 6.45) is 6.07. The van der Waals surface area contributed by atoms with E-state index in [1.165, 1.54) is 0 Å². The molecular weight excluding hydrogens is 336 g/mol. The number of carboxylic acid groups (broad SMARTS) is 1. The van der Waals surface area contributed by atoms with Gasteiger partial charge in [-0.3, -0.25) is 9.59 Å². The Bertz CT molecular complexity index is 475. The number of amides is 2. The smallest absolute Gasteiger partial charge is 0.410 e. The van der Waals surface area contributed by atoms with E-state index in [-0.39, 0.29) is 17.9 Å². The van der Waals surface area contributed by atoms with Gasteiger partial charge in [0.15, 0.2) is 0 Å². The Morgan fingerprint density at radius 1 is 1.19 bits per heavy atom. The molecule has 0 aliphatic carbocycles. The monoisotopic (exact) mass is 370 g/mol. The lowest BCUT2D eigenvalue weighted by atomic mass is 9.86. The Balaban J connectivity index is 0.000000765. The molecular formula is C19H34N2O5. The van der Waals surface area contributed by atoms with Crippen molar-refractivity contribution >= 4 is 18.0 Å². The standard InChI is InChI=1S/C17H30N2O3.C2H4O2/c1-17(2,3)22-16(21)19-11-8-13(9-12-19)6-7-14-5-4-10-18-15(14)20;1-2(3)4/h13-14H,4-12H2,1-3H3,(H,18,20);1H3,(H,3,4)/t14-;/m0./s1. The zero-order valence-corrected chi connectivity index (χ0v) is 16.5. The van der Waals surface area contributed by atoms with Crippen molar-refractivity contribution in [2.75, 3.05) is 19.6 Å². The topological polar surface area (TPSA) is 95.9 Å². The van der Waals surface area contributed by atoms with Gasteiger partial charge in [0.1, 0.15) is 5.60 Å². The first-order chi connectivity index (χ1) is 12.1. The molecule has 150 valence electrons. The molecule has 7 nitrogen and oxygen atoms in total. The molecule has 0 aromatic carbocycles. The highest BCUT2D eigenvalue weighted by atomic mass is 16.6. The van der Waals surface area contributed by atoms with Gasteiger partial charge in [-0.05, 0) is 65.2 Å². The van der Waals surface area contributed by atoms with Crippen LogP contribution >= 0.6 is 0 Å². The Morgan fingerprint density at radius 3 is 2.27 bits per heavy atom. The summed E-state index contributed by atoms with van der Waals surface area (Å²) < 4.78 is 5.42. The molecule has 0 aromatic heterocycles. The molecule has 0 spiro atoms. The third-order valence-electron chi connectivity index (χ3n) is 4.59. The number of rotatable bonds is 3. The van der Waals surface area contributed by atoms with Crippen LogP contribution < -0.4 is 5.32 Å². The van der Waals surface area contributed by atoms with Crippen molar-refractivity contribution in [2.24, 2.45) is 11.8 Å². The van der Waals surface area contributed by atoms with Crippen LogP contribution in [-0.2, 0) is 14.3 Å². The van der Waals surface area contributed by atoms with Crippen LogP contribution in [0.1, 0.15) is 66.2 Å². The molecule has 0 bridgehead atoms. The number of carbonyl (C=O) groups excluding carboxylic acids is 2. The minimum absolute atomic E-state index is 0.197. The first-order valence-corrected chi connectivity index (χ1v) is 9.53. The zero-order valence-electron chi connectivity index (χ0n) is 16.5. The number of aliphatic carboxylic acids is 1. The highest BCUT2D eigenvalue weighted by Gasteiger charge is 2.28. The van der Waals surface area contributed by atoms with Gasteiger partial charge in [0, 0.05) is 32.5 Å². The number of likely N-dealkylation sites (tertiary alicyclic amines) is 1. The highest BCUT2D eigenvalue weighted by molar-refractivity contribution is 5.79. The normalized spacial score (nSPS) is 21.3. The Hall–Kier alpha value is -1.79. The minimum Gasteiger partial charge on any atom is -0.481 e. The number of carbonyl (C=O) groups is 3. The van der Waals surface area contributed by atoms with Crippen molar-refractivity contribution in [3.63, 3.8) is 0 Å². The molecule has 2 aliphatic heterocycles. The summed E-state index contributed by atoms with van der Waals surface area (Å²) >= 11 is 0. The second-order valence-electron chi connectivity index (χ2n) is 8.14. The van der Waals surface area contributed by atoms with Crippen LogP contribution in [0.5, 0.6) is 0 Å². The third-order valence-corrected chi connectivity index (χ3v) is 4.59. The highest BCUT2D eigenvalue weighted by Crippen LogP contribution is 2.27. The van der Waals surface area contributed by atoms with E-state index in [0.717, 1.165) is 65.1 Å². The summed E-state index contributed by atoms with van der Waals surface area (Å²) in [5.41, 5.74) is -0.428. The summed E-state index contributed by atoms with van der Waals surface area (Å²) in [5.74, 6) is 0.239. The number of hydrogen-bond donors (Lipinski definition) is 2. The first-order valence-electron chi connectivity index (χ1n) is 9.53. The van der Waals surface area contributed by atoms with E-state index in [0.29, 0.717) is 5.92 Å². The lowest BCUT2D eigenvalue weighted by Gasteiger charge is -2.34. The van der Waals surface area contributed by atoms with Gasteiger partial charge in [-0.15, -0.1) is 0 Å². The van der Waals surface area contributed by atoms with Crippen LogP contribution in [0.2, 0.25) is 0 Å². The van der Waals surface area contributed by atoms with Gasteiger partial charge < -0.3 is 20.1 Å². The maximum Gasteiger partial charge on any atom is 0.410 e. The van der Waals surface area contributed by atoms with Gasteiger partial charge in [0.05, 0.1) is 0 Å². The molecule has 2 aliphatic rings. The van der Waals surface area contributed by atoms with Gasteiger partial charge in [-0.1, -0.05) is 0 Å². The van der Waals surface area contributed by atoms with Crippen LogP contribution in [0, 0.1) is 11.8 Å². The number of hydrogen-bond acceptors (Lipinski definition) is 4. The van der Waals surface area contributed by atoms with Gasteiger partial charge in [-0.25, -0.2) is 4.79 Å². The summed E-state index contributed by atoms with van der Waals surface area (Å²) in [5, 5.41) is 10.4. The molecule has 2 N–H and O–H groups in total. The molecule has 0 saturated carbocycles. The maximum absolute atomic E-state index is 12.0. The van der Waals surface area contributed by atoms with Gasteiger partial charge >= 0.3 is 6.09 Å². The number of piperidine rings is 2. The minimum atomic E-state index is -0.833. The van der Waals surface area contributed by atoms with E-state index < -0.39 is 11.6 Å². The molecule has 2 heterocycles. The first kappa shape index (κ1) is 22.3. The number of nitrogens with one attached hydrogen (secondary N) is 1. The predicted molar refractivity (Wildman–Crippen MR) is 98.8 cm³/mol. The fourth-order valence-corrected chi connectivity index (χ4v) is 3.28. The fraction of sp³-hybridized carbons (Fsp3) is 0.842. The maximum atomic E-state index is 12.0. The Labute approximate surface area is 156 Å². The average Bonchev–Trinajstić information content (AvgIpc) is 2.52. The largest absolute Gasteiger partial charge is 0.481 e. The van der Waals surface area contributed by atoms with E-state index in [1.807, 2.05) is 25.7 Å². The lowest BCUT2D eigenvalue weighted by molar-refractivity contribution is -0.134. The summed E-state index contributed by atoms with van der Waals surface area (Å²) in [4.78, 5) is 34.6. The molecule has 0 unspecified atom stereocenters. The molecule has 2 rings (SSSR count). The number of carboxylic acids is 1. The number of ether oxygens (including phenoxy) is 1. The molecule has 7 heteroatoms. The van der Waals surface area contributed by atoms with E-state index in [4.69, 9.17) is 14.6 Å². The average molecular weight is 370 g/mol. The van der Waals surface area contributed by atoms with E-state index in [9.17, 15) is 9.59 Å². The molecule has 0 radical (unpaired) electrons. The van der Waals surface area contributed by atoms with Gasteiger partial charge in [0.25, 0.3) is 5.97 Å². The van der Waals surface area contributed by atoms with Gasteiger partial charge in [-0.2, -0.15) is 0 Å². The van der Waals surface area contributed by atoms with Crippen molar-refractivity contribution in [3.05, 3.63) is 0 Å². The van der Waals surface area contributed by atoms with Crippen LogP contribution in [0.25, 0.3) is 0 Å². The van der Waals surface area contributed by atoms with E-state index in [2.05, 4.69) is 5.32 Å². The second kappa shape index (κ2) is 10.4.